The maximum absolute atomic E-state index is 11.8. The van der Waals surface area contributed by atoms with Gasteiger partial charge in [0.2, 0.25) is 0 Å². The van der Waals surface area contributed by atoms with E-state index in [-0.39, 0.29) is 5.56 Å². The number of hydrogen-bond donors (Lipinski definition) is 1. The Morgan fingerprint density at radius 2 is 2.00 bits per heavy atom. The molecule has 0 radical (unpaired) electrons. The van der Waals surface area contributed by atoms with E-state index in [4.69, 9.17) is 0 Å². The van der Waals surface area contributed by atoms with Crippen LogP contribution in [0.25, 0.3) is 11.2 Å². The van der Waals surface area contributed by atoms with Gasteiger partial charge in [0.05, 0.1) is 0 Å². The first-order valence-corrected chi connectivity index (χ1v) is 6.66. The molecule has 0 aliphatic heterocycles. The number of H-pyrrole nitrogens is 1. The van der Waals surface area contributed by atoms with Gasteiger partial charge in [-0.15, -0.1) is 0 Å². The van der Waals surface area contributed by atoms with E-state index in [9.17, 15) is 9.59 Å². The standard InChI is InChI=1S/C11H16N4O2S/c1-5-6(2)18-11-12-8-7(14(11)3)9(16)13-10(17)15(8)4/h6H,5H2,1-4H3,(H,13,16,17)/t6-/m1/s1. The quantitative estimate of drug-likeness (QED) is 0.838. The predicted octanol–water partition coefficient (Wildman–Crippen LogP) is 0.851. The van der Waals surface area contributed by atoms with Gasteiger partial charge in [0.1, 0.15) is 0 Å². The monoisotopic (exact) mass is 268 g/mol. The van der Waals surface area contributed by atoms with Crippen LogP contribution in [-0.4, -0.2) is 24.4 Å². The molecule has 2 rings (SSSR count). The molecule has 0 aliphatic rings. The van der Waals surface area contributed by atoms with Crippen molar-refractivity contribution in [3.63, 3.8) is 0 Å². The lowest BCUT2D eigenvalue weighted by Gasteiger charge is -2.06. The molecule has 0 saturated carbocycles. The number of fused-ring (bicyclic) bond motifs is 1. The fourth-order valence-electron chi connectivity index (χ4n) is 1.66. The fourth-order valence-corrected chi connectivity index (χ4v) is 2.57. The van der Waals surface area contributed by atoms with Gasteiger partial charge >= 0.3 is 5.69 Å². The van der Waals surface area contributed by atoms with Gasteiger partial charge < -0.3 is 4.57 Å². The molecule has 1 N–H and O–H groups in total. The summed E-state index contributed by atoms with van der Waals surface area (Å²) in [4.78, 5) is 30.0. The summed E-state index contributed by atoms with van der Waals surface area (Å²) in [5.74, 6) is 0. The van der Waals surface area contributed by atoms with E-state index in [2.05, 4.69) is 23.8 Å². The number of thioether (sulfide) groups is 1. The minimum atomic E-state index is -0.439. The van der Waals surface area contributed by atoms with E-state index in [0.717, 1.165) is 11.6 Å². The highest BCUT2D eigenvalue weighted by atomic mass is 32.2. The van der Waals surface area contributed by atoms with Crippen molar-refractivity contribution in [2.45, 2.75) is 30.7 Å². The molecular formula is C11H16N4O2S. The van der Waals surface area contributed by atoms with Crippen LogP contribution in [0.1, 0.15) is 20.3 Å². The molecule has 7 heteroatoms. The van der Waals surface area contributed by atoms with Crippen molar-refractivity contribution in [2.24, 2.45) is 14.1 Å². The number of nitrogens with zero attached hydrogens (tertiary/aromatic N) is 3. The zero-order valence-electron chi connectivity index (χ0n) is 10.9. The summed E-state index contributed by atoms with van der Waals surface area (Å²) in [6.07, 6.45) is 1.02. The fraction of sp³-hybridized carbons (Fsp3) is 0.545. The highest BCUT2D eigenvalue weighted by Gasteiger charge is 2.16. The number of aromatic amines is 1. The Morgan fingerprint density at radius 1 is 1.33 bits per heavy atom. The minimum absolute atomic E-state index is 0.390. The Hall–Kier alpha value is -1.50. The van der Waals surface area contributed by atoms with Crippen LogP contribution in [0.4, 0.5) is 0 Å². The van der Waals surface area contributed by atoms with Crippen LogP contribution < -0.4 is 11.2 Å². The molecule has 2 aromatic rings. The van der Waals surface area contributed by atoms with Gasteiger partial charge in [0.15, 0.2) is 16.3 Å². The molecule has 0 fully saturated rings. The van der Waals surface area contributed by atoms with E-state index < -0.39 is 5.69 Å². The molecule has 0 amide bonds. The summed E-state index contributed by atoms with van der Waals surface area (Å²) >= 11 is 1.60. The molecule has 0 aromatic carbocycles. The molecular weight excluding hydrogens is 252 g/mol. The van der Waals surface area contributed by atoms with Crippen molar-refractivity contribution < 1.29 is 0 Å². The van der Waals surface area contributed by atoms with Crippen molar-refractivity contribution in [2.75, 3.05) is 0 Å². The summed E-state index contributed by atoms with van der Waals surface area (Å²) in [6.45, 7) is 4.20. The lowest BCUT2D eigenvalue weighted by atomic mass is 10.4. The lowest BCUT2D eigenvalue weighted by molar-refractivity contribution is 0.799. The first kappa shape index (κ1) is 12.9. The van der Waals surface area contributed by atoms with Gasteiger partial charge in [-0.05, 0) is 6.42 Å². The Labute approximate surface area is 108 Å². The number of hydrogen-bond acceptors (Lipinski definition) is 4. The molecule has 98 valence electrons. The number of aromatic nitrogens is 4. The number of rotatable bonds is 3. The molecule has 0 saturated heterocycles. The molecule has 6 nitrogen and oxygen atoms in total. The van der Waals surface area contributed by atoms with E-state index >= 15 is 0 Å². The average Bonchev–Trinajstić information content (AvgIpc) is 2.64. The van der Waals surface area contributed by atoms with Crippen molar-refractivity contribution in [1.29, 1.82) is 0 Å². The van der Waals surface area contributed by atoms with Crippen LogP contribution >= 0.6 is 11.8 Å². The Morgan fingerprint density at radius 3 is 2.61 bits per heavy atom. The predicted molar refractivity (Wildman–Crippen MR) is 72.2 cm³/mol. The molecule has 18 heavy (non-hydrogen) atoms. The van der Waals surface area contributed by atoms with E-state index in [1.165, 1.54) is 4.57 Å². The molecule has 0 unspecified atom stereocenters. The summed E-state index contributed by atoms with van der Waals surface area (Å²) < 4.78 is 3.10. The van der Waals surface area contributed by atoms with Crippen LogP contribution in [-0.2, 0) is 14.1 Å². The highest BCUT2D eigenvalue weighted by molar-refractivity contribution is 7.99. The zero-order valence-corrected chi connectivity index (χ0v) is 11.7. The van der Waals surface area contributed by atoms with Crippen LogP contribution in [0.5, 0.6) is 0 Å². The van der Waals surface area contributed by atoms with Gasteiger partial charge in [-0.1, -0.05) is 25.6 Å². The van der Waals surface area contributed by atoms with Gasteiger partial charge in [-0.3, -0.25) is 14.3 Å². The van der Waals surface area contributed by atoms with Crippen molar-refractivity contribution in [1.82, 2.24) is 19.1 Å². The third-order valence-corrected chi connectivity index (χ3v) is 4.29. The molecule has 1 atom stereocenters. The van der Waals surface area contributed by atoms with Crippen molar-refractivity contribution in [3.05, 3.63) is 20.8 Å². The van der Waals surface area contributed by atoms with E-state index in [1.54, 1.807) is 30.4 Å². The second kappa shape index (κ2) is 4.64. The Kier molecular flexibility index (Phi) is 3.34. The smallest absolute Gasteiger partial charge is 0.316 e. The molecule has 0 spiro atoms. The normalized spacial score (nSPS) is 13.1. The first-order valence-electron chi connectivity index (χ1n) is 5.78. The molecule has 0 aliphatic carbocycles. The third kappa shape index (κ3) is 1.98. The second-order valence-electron chi connectivity index (χ2n) is 4.28. The maximum Gasteiger partial charge on any atom is 0.329 e. The van der Waals surface area contributed by atoms with Crippen LogP contribution in [0.15, 0.2) is 14.7 Å². The van der Waals surface area contributed by atoms with Gasteiger partial charge in [-0.2, -0.15) is 0 Å². The lowest BCUT2D eigenvalue weighted by Crippen LogP contribution is -2.29. The largest absolute Gasteiger partial charge is 0.329 e. The first-order chi connectivity index (χ1) is 8.45. The zero-order chi connectivity index (χ0) is 13.4. The van der Waals surface area contributed by atoms with Crippen LogP contribution in [0.3, 0.4) is 0 Å². The van der Waals surface area contributed by atoms with Crippen LogP contribution in [0.2, 0.25) is 0 Å². The van der Waals surface area contributed by atoms with Gasteiger partial charge in [0, 0.05) is 19.3 Å². The van der Waals surface area contributed by atoms with Crippen molar-refractivity contribution >= 4 is 22.9 Å². The van der Waals surface area contributed by atoms with Gasteiger partial charge in [-0.25, -0.2) is 9.78 Å². The second-order valence-corrected chi connectivity index (χ2v) is 5.69. The highest BCUT2D eigenvalue weighted by Crippen LogP contribution is 2.25. The summed E-state index contributed by atoms with van der Waals surface area (Å²) in [7, 11) is 3.39. The Bertz CT molecular complexity index is 697. The third-order valence-electron chi connectivity index (χ3n) is 2.98. The minimum Gasteiger partial charge on any atom is -0.316 e. The average molecular weight is 268 g/mol. The number of nitrogens with one attached hydrogen (secondary N) is 1. The van der Waals surface area contributed by atoms with Crippen LogP contribution in [0, 0.1) is 0 Å². The molecule has 2 heterocycles. The van der Waals surface area contributed by atoms with E-state index in [1.807, 2.05) is 0 Å². The topological polar surface area (TPSA) is 72.7 Å². The SMILES string of the molecule is CC[C@@H](C)Sc1nc2c(c(=O)[nH]c(=O)n2C)n1C. The Balaban J connectivity index is 2.70. The maximum atomic E-state index is 11.8. The number of aryl methyl sites for hydroxylation is 2. The molecule has 2 aromatic heterocycles. The van der Waals surface area contributed by atoms with Gasteiger partial charge in [0.25, 0.3) is 5.56 Å². The summed E-state index contributed by atoms with van der Waals surface area (Å²) in [6, 6.07) is 0. The number of imidazole rings is 1. The molecule has 0 bridgehead atoms. The van der Waals surface area contributed by atoms with Crippen molar-refractivity contribution in [3.8, 4) is 0 Å². The summed E-state index contributed by atoms with van der Waals surface area (Å²) in [5, 5.41) is 1.17. The van der Waals surface area contributed by atoms with E-state index in [0.29, 0.717) is 16.4 Å². The summed E-state index contributed by atoms with van der Waals surface area (Å²) in [5.41, 5.74) is 0.0322.